The van der Waals surface area contributed by atoms with Crippen LogP contribution < -0.4 is 0 Å². The van der Waals surface area contributed by atoms with E-state index in [-0.39, 0.29) is 17.9 Å². The molecule has 1 N–H and O–H groups in total. The van der Waals surface area contributed by atoms with Gasteiger partial charge < -0.3 is 10.0 Å². The van der Waals surface area contributed by atoms with Gasteiger partial charge >= 0.3 is 0 Å². The first-order valence-corrected chi connectivity index (χ1v) is 8.18. The number of pyridine rings is 1. The molecule has 0 bridgehead atoms. The Hall–Kier alpha value is -2.21. The summed E-state index contributed by atoms with van der Waals surface area (Å²) in [6, 6.07) is 3.71. The standard InChI is InChI=1S/C18H26N4O2/c1-14-16(12-20-22(14)15-6-8-19-9-7-15)17(24)21(10-5-11-23)13-18(2,3)4/h6-9,12,23H,5,10-11,13H2,1-4H3. The molecule has 0 aromatic carbocycles. The zero-order valence-corrected chi connectivity index (χ0v) is 14.9. The van der Waals surface area contributed by atoms with Crippen LogP contribution in [0.3, 0.4) is 0 Å². The fourth-order valence-electron chi connectivity index (χ4n) is 2.62. The van der Waals surface area contributed by atoms with Crippen LogP contribution in [0, 0.1) is 12.3 Å². The molecule has 6 nitrogen and oxygen atoms in total. The average Bonchev–Trinajstić information content (AvgIpc) is 2.92. The van der Waals surface area contributed by atoms with E-state index < -0.39 is 0 Å². The minimum atomic E-state index is -0.0452. The number of aliphatic hydroxyl groups excluding tert-OH is 1. The van der Waals surface area contributed by atoms with Gasteiger partial charge in [0.2, 0.25) is 0 Å². The van der Waals surface area contributed by atoms with Crippen LogP contribution in [0.2, 0.25) is 0 Å². The number of carbonyl (C=O) groups excluding carboxylic acids is 1. The Morgan fingerprint density at radius 3 is 2.54 bits per heavy atom. The van der Waals surface area contributed by atoms with E-state index in [0.29, 0.717) is 25.1 Å². The fourth-order valence-corrected chi connectivity index (χ4v) is 2.62. The van der Waals surface area contributed by atoms with Crippen molar-refractivity contribution in [3.63, 3.8) is 0 Å². The summed E-state index contributed by atoms with van der Waals surface area (Å²) < 4.78 is 1.75. The molecule has 2 aromatic heterocycles. The summed E-state index contributed by atoms with van der Waals surface area (Å²) in [5, 5.41) is 13.5. The lowest BCUT2D eigenvalue weighted by molar-refractivity contribution is 0.0681. The summed E-state index contributed by atoms with van der Waals surface area (Å²) in [7, 11) is 0. The van der Waals surface area contributed by atoms with Crippen molar-refractivity contribution in [2.75, 3.05) is 19.7 Å². The van der Waals surface area contributed by atoms with E-state index in [9.17, 15) is 4.79 Å². The molecule has 2 heterocycles. The number of nitrogens with zero attached hydrogens (tertiary/aromatic N) is 4. The summed E-state index contributed by atoms with van der Waals surface area (Å²) in [5.74, 6) is -0.0452. The molecule has 2 aromatic rings. The highest BCUT2D eigenvalue weighted by atomic mass is 16.3. The molecule has 0 radical (unpaired) electrons. The van der Waals surface area contributed by atoms with Gasteiger partial charge in [-0.2, -0.15) is 5.10 Å². The number of hydrogen-bond donors (Lipinski definition) is 1. The Morgan fingerprint density at radius 1 is 1.29 bits per heavy atom. The third-order valence-electron chi connectivity index (χ3n) is 3.69. The topological polar surface area (TPSA) is 71.2 Å². The van der Waals surface area contributed by atoms with E-state index in [4.69, 9.17) is 5.11 Å². The molecule has 0 unspecified atom stereocenters. The monoisotopic (exact) mass is 330 g/mol. The van der Waals surface area contributed by atoms with Gasteiger partial charge in [0, 0.05) is 32.1 Å². The third-order valence-corrected chi connectivity index (χ3v) is 3.69. The minimum Gasteiger partial charge on any atom is -0.396 e. The molecule has 0 aliphatic carbocycles. The van der Waals surface area contributed by atoms with Crippen molar-refractivity contribution in [3.05, 3.63) is 42.0 Å². The van der Waals surface area contributed by atoms with Gasteiger partial charge in [0.05, 0.1) is 23.1 Å². The largest absolute Gasteiger partial charge is 0.396 e. The number of aliphatic hydroxyl groups is 1. The summed E-state index contributed by atoms with van der Waals surface area (Å²) >= 11 is 0. The maximum Gasteiger partial charge on any atom is 0.257 e. The molecule has 0 spiro atoms. The van der Waals surface area contributed by atoms with E-state index in [1.807, 2.05) is 19.1 Å². The molecule has 0 aliphatic heterocycles. The van der Waals surface area contributed by atoms with Gasteiger partial charge in [-0.05, 0) is 30.9 Å². The van der Waals surface area contributed by atoms with Crippen LogP contribution >= 0.6 is 0 Å². The van der Waals surface area contributed by atoms with Crippen LogP contribution in [0.4, 0.5) is 0 Å². The van der Waals surface area contributed by atoms with Crippen molar-refractivity contribution in [1.29, 1.82) is 0 Å². The predicted octanol–water partition coefficient (Wildman–Crippen LogP) is 2.45. The molecule has 130 valence electrons. The lowest BCUT2D eigenvalue weighted by atomic mass is 9.95. The van der Waals surface area contributed by atoms with Crippen molar-refractivity contribution in [2.45, 2.75) is 34.1 Å². The second-order valence-corrected chi connectivity index (χ2v) is 7.13. The van der Waals surface area contributed by atoms with Crippen LogP contribution in [0.5, 0.6) is 0 Å². The summed E-state index contributed by atoms with van der Waals surface area (Å²) in [5.41, 5.74) is 2.25. The first kappa shape index (κ1) is 18.1. The number of aromatic nitrogens is 3. The molecule has 0 atom stereocenters. The van der Waals surface area contributed by atoms with Gasteiger partial charge in [-0.3, -0.25) is 9.78 Å². The Bertz CT molecular complexity index is 674. The molecule has 0 saturated heterocycles. The zero-order chi connectivity index (χ0) is 17.7. The van der Waals surface area contributed by atoms with Crippen molar-refractivity contribution in [3.8, 4) is 5.69 Å². The second-order valence-electron chi connectivity index (χ2n) is 7.13. The molecule has 0 aliphatic rings. The Balaban J connectivity index is 2.28. The van der Waals surface area contributed by atoms with Crippen LogP contribution in [0.1, 0.15) is 43.2 Å². The van der Waals surface area contributed by atoms with Crippen molar-refractivity contribution in [1.82, 2.24) is 19.7 Å². The van der Waals surface area contributed by atoms with Gasteiger partial charge in [-0.15, -0.1) is 0 Å². The first-order chi connectivity index (χ1) is 11.3. The summed E-state index contributed by atoms with van der Waals surface area (Å²) in [6.07, 6.45) is 5.59. The van der Waals surface area contributed by atoms with Crippen molar-refractivity contribution in [2.24, 2.45) is 5.41 Å². The SMILES string of the molecule is Cc1c(C(=O)N(CCCO)CC(C)(C)C)cnn1-c1ccncc1. The van der Waals surface area contributed by atoms with Gasteiger partial charge in [-0.25, -0.2) is 4.68 Å². The molecular formula is C18H26N4O2. The van der Waals surface area contributed by atoms with Gasteiger partial charge in [0.25, 0.3) is 5.91 Å². The Labute approximate surface area is 143 Å². The van der Waals surface area contributed by atoms with E-state index in [1.165, 1.54) is 0 Å². The number of rotatable bonds is 6. The highest BCUT2D eigenvalue weighted by Crippen LogP contribution is 2.20. The van der Waals surface area contributed by atoms with Gasteiger partial charge in [-0.1, -0.05) is 20.8 Å². The van der Waals surface area contributed by atoms with Crippen LogP contribution in [-0.2, 0) is 0 Å². The molecule has 24 heavy (non-hydrogen) atoms. The van der Waals surface area contributed by atoms with Gasteiger partial charge in [0.1, 0.15) is 0 Å². The number of amides is 1. The van der Waals surface area contributed by atoms with E-state index in [1.54, 1.807) is 28.2 Å². The highest BCUT2D eigenvalue weighted by Gasteiger charge is 2.24. The molecule has 0 fully saturated rings. The number of hydrogen-bond acceptors (Lipinski definition) is 4. The Morgan fingerprint density at radius 2 is 1.96 bits per heavy atom. The van der Waals surface area contributed by atoms with E-state index in [0.717, 1.165) is 11.4 Å². The maximum atomic E-state index is 13.0. The van der Waals surface area contributed by atoms with Gasteiger partial charge in [0.15, 0.2) is 0 Å². The smallest absolute Gasteiger partial charge is 0.257 e. The third kappa shape index (κ3) is 4.41. The predicted molar refractivity (Wildman–Crippen MR) is 93.2 cm³/mol. The quantitative estimate of drug-likeness (QED) is 0.883. The fraction of sp³-hybridized carbons (Fsp3) is 0.500. The lowest BCUT2D eigenvalue weighted by Gasteiger charge is -2.30. The van der Waals surface area contributed by atoms with Crippen molar-refractivity contribution >= 4 is 5.91 Å². The molecule has 1 amide bonds. The first-order valence-electron chi connectivity index (χ1n) is 8.18. The van der Waals surface area contributed by atoms with E-state index in [2.05, 4.69) is 30.9 Å². The van der Waals surface area contributed by atoms with E-state index >= 15 is 0 Å². The van der Waals surface area contributed by atoms with Crippen LogP contribution in [0.25, 0.3) is 5.69 Å². The maximum absolute atomic E-state index is 13.0. The van der Waals surface area contributed by atoms with Crippen molar-refractivity contribution < 1.29 is 9.90 Å². The minimum absolute atomic E-state index is 0.0138. The summed E-state index contributed by atoms with van der Waals surface area (Å²) in [4.78, 5) is 18.8. The zero-order valence-electron chi connectivity index (χ0n) is 14.9. The normalized spacial score (nSPS) is 11.5. The molecule has 0 saturated carbocycles. The Kier molecular flexibility index (Phi) is 5.72. The van der Waals surface area contributed by atoms with Crippen LogP contribution in [0.15, 0.2) is 30.7 Å². The molecule has 2 rings (SSSR count). The molecular weight excluding hydrogens is 304 g/mol. The molecule has 6 heteroatoms. The lowest BCUT2D eigenvalue weighted by Crippen LogP contribution is -2.39. The van der Waals surface area contributed by atoms with Crippen LogP contribution in [-0.4, -0.2) is 50.4 Å². The second kappa shape index (κ2) is 7.57. The summed E-state index contributed by atoms with van der Waals surface area (Å²) in [6.45, 7) is 9.42. The highest BCUT2D eigenvalue weighted by molar-refractivity contribution is 5.95. The number of carbonyl (C=O) groups is 1. The average molecular weight is 330 g/mol.